The van der Waals surface area contributed by atoms with Crippen LogP contribution in [0.1, 0.15) is 30.5 Å². The van der Waals surface area contributed by atoms with E-state index in [1.807, 2.05) is 0 Å². The summed E-state index contributed by atoms with van der Waals surface area (Å²) in [6.07, 6.45) is 1.20. The van der Waals surface area contributed by atoms with Gasteiger partial charge in [0, 0.05) is 32.2 Å². The van der Waals surface area contributed by atoms with Gasteiger partial charge < -0.3 is 5.32 Å². The molecule has 1 aliphatic rings. The molecular weight excluding hydrogens is 196 g/mol. The zero-order valence-corrected chi connectivity index (χ0v) is 10.4. The van der Waals surface area contributed by atoms with Crippen molar-refractivity contribution in [3.63, 3.8) is 0 Å². The van der Waals surface area contributed by atoms with Crippen molar-refractivity contribution >= 4 is 0 Å². The fraction of sp³-hybridized carbons (Fsp3) is 0.571. The maximum absolute atomic E-state index is 3.41. The van der Waals surface area contributed by atoms with E-state index >= 15 is 0 Å². The molecule has 1 N–H and O–H groups in total. The molecule has 1 saturated heterocycles. The molecule has 0 aromatic heterocycles. The molecular formula is C14H22N2. The van der Waals surface area contributed by atoms with E-state index in [0.717, 1.165) is 13.1 Å². The molecule has 0 radical (unpaired) electrons. The van der Waals surface area contributed by atoms with Crippen molar-refractivity contribution in [3.05, 3.63) is 35.4 Å². The summed E-state index contributed by atoms with van der Waals surface area (Å²) in [5, 5.41) is 3.41. The summed E-state index contributed by atoms with van der Waals surface area (Å²) in [4.78, 5) is 2.60. The number of nitrogens with one attached hydrogen (secondary N) is 1. The molecule has 2 nitrogen and oxygen atoms in total. The highest BCUT2D eigenvalue weighted by Gasteiger charge is 2.20. The molecule has 1 fully saturated rings. The first-order valence-corrected chi connectivity index (χ1v) is 6.32. The van der Waals surface area contributed by atoms with Crippen molar-refractivity contribution < 1.29 is 0 Å². The lowest BCUT2D eigenvalue weighted by Gasteiger charge is -2.34. The van der Waals surface area contributed by atoms with Crippen molar-refractivity contribution in [3.8, 4) is 0 Å². The van der Waals surface area contributed by atoms with Crippen molar-refractivity contribution in [1.29, 1.82) is 0 Å². The average molecular weight is 218 g/mol. The van der Waals surface area contributed by atoms with Gasteiger partial charge in [-0.05, 0) is 18.9 Å². The summed E-state index contributed by atoms with van der Waals surface area (Å²) in [6.45, 7) is 9.06. The van der Waals surface area contributed by atoms with E-state index in [1.165, 1.54) is 30.6 Å². The van der Waals surface area contributed by atoms with Crippen LogP contribution in [0.15, 0.2) is 24.3 Å². The zero-order chi connectivity index (χ0) is 11.4. The Morgan fingerprint density at radius 1 is 1.31 bits per heavy atom. The number of benzene rings is 1. The van der Waals surface area contributed by atoms with Crippen LogP contribution in [0, 0.1) is 6.92 Å². The van der Waals surface area contributed by atoms with Gasteiger partial charge in [-0.15, -0.1) is 0 Å². The monoisotopic (exact) mass is 218 g/mol. The molecule has 0 unspecified atom stereocenters. The highest BCUT2D eigenvalue weighted by molar-refractivity contribution is 5.25. The van der Waals surface area contributed by atoms with E-state index < -0.39 is 0 Å². The van der Waals surface area contributed by atoms with Crippen LogP contribution in [0.5, 0.6) is 0 Å². The van der Waals surface area contributed by atoms with Crippen LogP contribution in [0.2, 0.25) is 0 Å². The Morgan fingerprint density at radius 2 is 2.06 bits per heavy atom. The standard InChI is InChI=1S/C14H22N2/c1-3-14(16-9-7-15-8-10-16)13-6-4-5-12(2)11-13/h4-6,11,14-15H,3,7-10H2,1-2H3/t14-/m0/s1. The second-order valence-corrected chi connectivity index (χ2v) is 4.62. The molecule has 16 heavy (non-hydrogen) atoms. The van der Waals surface area contributed by atoms with Crippen LogP contribution >= 0.6 is 0 Å². The molecule has 0 amide bonds. The highest BCUT2D eigenvalue weighted by Crippen LogP contribution is 2.24. The number of hydrogen-bond donors (Lipinski definition) is 1. The first kappa shape index (κ1) is 11.6. The Hall–Kier alpha value is -0.860. The lowest BCUT2D eigenvalue weighted by atomic mass is 10.0. The van der Waals surface area contributed by atoms with Crippen LogP contribution in [0.25, 0.3) is 0 Å². The number of rotatable bonds is 3. The van der Waals surface area contributed by atoms with E-state index in [2.05, 4.69) is 48.3 Å². The largest absolute Gasteiger partial charge is 0.314 e. The van der Waals surface area contributed by atoms with Crippen molar-refractivity contribution in [1.82, 2.24) is 10.2 Å². The van der Waals surface area contributed by atoms with Gasteiger partial charge in [0.2, 0.25) is 0 Å². The second kappa shape index (κ2) is 5.46. The van der Waals surface area contributed by atoms with E-state index in [1.54, 1.807) is 0 Å². The lowest BCUT2D eigenvalue weighted by molar-refractivity contribution is 0.169. The summed E-state index contributed by atoms with van der Waals surface area (Å²) in [7, 11) is 0. The van der Waals surface area contributed by atoms with Crippen LogP contribution < -0.4 is 5.32 Å². The van der Waals surface area contributed by atoms with E-state index in [-0.39, 0.29) is 0 Å². The molecule has 0 bridgehead atoms. The quantitative estimate of drug-likeness (QED) is 0.838. The molecule has 1 aromatic rings. The molecule has 2 heteroatoms. The summed E-state index contributed by atoms with van der Waals surface area (Å²) in [5.41, 5.74) is 2.84. The molecule has 0 saturated carbocycles. The maximum atomic E-state index is 3.41. The lowest BCUT2D eigenvalue weighted by Crippen LogP contribution is -2.45. The van der Waals surface area contributed by atoms with E-state index in [0.29, 0.717) is 6.04 Å². The maximum Gasteiger partial charge on any atom is 0.0346 e. The van der Waals surface area contributed by atoms with Gasteiger partial charge in [-0.3, -0.25) is 4.90 Å². The van der Waals surface area contributed by atoms with Gasteiger partial charge in [-0.2, -0.15) is 0 Å². The number of nitrogens with zero attached hydrogens (tertiary/aromatic N) is 1. The second-order valence-electron chi connectivity index (χ2n) is 4.62. The van der Waals surface area contributed by atoms with Gasteiger partial charge in [0.15, 0.2) is 0 Å². The Labute approximate surface area is 98.7 Å². The van der Waals surface area contributed by atoms with Crippen molar-refractivity contribution in [2.24, 2.45) is 0 Å². The van der Waals surface area contributed by atoms with Crippen LogP contribution in [0.3, 0.4) is 0 Å². The van der Waals surface area contributed by atoms with E-state index in [4.69, 9.17) is 0 Å². The van der Waals surface area contributed by atoms with Crippen LogP contribution in [-0.2, 0) is 0 Å². The Bertz CT molecular complexity index is 329. The zero-order valence-electron chi connectivity index (χ0n) is 10.4. The van der Waals surface area contributed by atoms with E-state index in [9.17, 15) is 0 Å². The molecule has 1 heterocycles. The van der Waals surface area contributed by atoms with Crippen LogP contribution in [0.4, 0.5) is 0 Å². The average Bonchev–Trinajstić information content (AvgIpc) is 2.31. The summed E-state index contributed by atoms with van der Waals surface area (Å²) >= 11 is 0. The number of piperazine rings is 1. The number of aryl methyl sites for hydroxylation is 1. The molecule has 88 valence electrons. The summed E-state index contributed by atoms with van der Waals surface area (Å²) < 4.78 is 0. The molecule has 0 spiro atoms. The van der Waals surface area contributed by atoms with Gasteiger partial charge in [0.25, 0.3) is 0 Å². The fourth-order valence-corrected chi connectivity index (χ4v) is 2.58. The third-order valence-electron chi connectivity index (χ3n) is 3.41. The highest BCUT2D eigenvalue weighted by atomic mass is 15.2. The van der Waals surface area contributed by atoms with Gasteiger partial charge >= 0.3 is 0 Å². The molecule has 1 atom stereocenters. The Balaban J connectivity index is 2.14. The van der Waals surface area contributed by atoms with Gasteiger partial charge in [0.1, 0.15) is 0 Å². The minimum absolute atomic E-state index is 0.599. The minimum atomic E-state index is 0.599. The third kappa shape index (κ3) is 2.63. The molecule has 0 aliphatic carbocycles. The number of hydrogen-bond acceptors (Lipinski definition) is 2. The smallest absolute Gasteiger partial charge is 0.0346 e. The summed E-state index contributed by atoms with van der Waals surface area (Å²) in [5.74, 6) is 0. The SMILES string of the molecule is CC[C@@H](c1cccc(C)c1)N1CCNCC1. The predicted octanol–water partition coefficient (Wildman–Crippen LogP) is 2.35. The van der Waals surface area contributed by atoms with Gasteiger partial charge in [-0.25, -0.2) is 0 Å². The Morgan fingerprint density at radius 3 is 2.69 bits per heavy atom. The topological polar surface area (TPSA) is 15.3 Å². The van der Waals surface area contributed by atoms with Crippen molar-refractivity contribution in [2.45, 2.75) is 26.3 Å². The Kier molecular flexibility index (Phi) is 3.97. The minimum Gasteiger partial charge on any atom is -0.314 e. The summed E-state index contributed by atoms with van der Waals surface area (Å²) in [6, 6.07) is 9.55. The normalized spacial score (nSPS) is 19.6. The molecule has 2 rings (SSSR count). The van der Waals surface area contributed by atoms with Gasteiger partial charge in [0.05, 0.1) is 0 Å². The van der Waals surface area contributed by atoms with Crippen molar-refractivity contribution in [2.75, 3.05) is 26.2 Å². The fourth-order valence-electron chi connectivity index (χ4n) is 2.58. The predicted molar refractivity (Wildman–Crippen MR) is 68.7 cm³/mol. The van der Waals surface area contributed by atoms with Crippen LogP contribution in [-0.4, -0.2) is 31.1 Å². The first-order chi connectivity index (χ1) is 7.81. The molecule has 1 aliphatic heterocycles. The first-order valence-electron chi connectivity index (χ1n) is 6.32. The molecule has 1 aromatic carbocycles. The third-order valence-corrected chi connectivity index (χ3v) is 3.41. The van der Waals surface area contributed by atoms with Gasteiger partial charge in [-0.1, -0.05) is 36.8 Å².